The Balaban J connectivity index is 1.28. The summed E-state index contributed by atoms with van der Waals surface area (Å²) >= 11 is 12.0. The van der Waals surface area contributed by atoms with E-state index in [-0.39, 0.29) is 37.6 Å². The zero-order valence-electron chi connectivity index (χ0n) is 25.1. The van der Waals surface area contributed by atoms with E-state index < -0.39 is 73.3 Å². The lowest BCUT2D eigenvalue weighted by Gasteiger charge is -2.15. The number of benzene rings is 3. The monoisotopic (exact) mass is 763 g/mol. The molecule has 0 radical (unpaired) electrons. The Kier molecular flexibility index (Phi) is 8.60. The summed E-state index contributed by atoms with van der Waals surface area (Å²) in [6, 6.07) is 15.2. The SMILES string of the molecule is O=S(=O)(Nc1ccc(F)c(Nc2ncnc3ccc(-n4cc(S(=O)(=O)N5C[C@@H](O)[C@H](F)C5)c5ccccc54)nc23)c1F)c1cccc(Cl)c1Cl. The Labute approximate surface area is 292 Å². The van der Waals surface area contributed by atoms with Crippen molar-refractivity contribution in [2.45, 2.75) is 22.1 Å². The first-order valence-electron chi connectivity index (χ1n) is 14.5. The summed E-state index contributed by atoms with van der Waals surface area (Å²) in [4.78, 5) is 12.3. The summed E-state index contributed by atoms with van der Waals surface area (Å²) in [5, 5.41) is 12.4. The van der Waals surface area contributed by atoms with Crippen molar-refractivity contribution in [2.75, 3.05) is 23.1 Å². The summed E-state index contributed by atoms with van der Waals surface area (Å²) in [5.74, 6) is -2.41. The van der Waals surface area contributed by atoms with Crippen LogP contribution in [-0.2, 0) is 20.0 Å². The lowest BCUT2D eigenvalue weighted by atomic mass is 10.2. The van der Waals surface area contributed by atoms with Gasteiger partial charge in [-0.1, -0.05) is 47.5 Å². The maximum absolute atomic E-state index is 15.8. The van der Waals surface area contributed by atoms with E-state index in [0.717, 1.165) is 28.8 Å². The first kappa shape index (κ1) is 34.0. The molecule has 258 valence electrons. The highest BCUT2D eigenvalue weighted by Crippen LogP contribution is 2.35. The molecule has 1 saturated heterocycles. The average molecular weight is 765 g/mol. The number of aromatic nitrogens is 4. The van der Waals surface area contributed by atoms with Gasteiger partial charge in [0.1, 0.15) is 51.2 Å². The highest BCUT2D eigenvalue weighted by atomic mass is 35.5. The van der Waals surface area contributed by atoms with Crippen LogP contribution in [0, 0.1) is 11.6 Å². The van der Waals surface area contributed by atoms with E-state index in [4.69, 9.17) is 23.2 Å². The maximum Gasteiger partial charge on any atom is 0.263 e. The van der Waals surface area contributed by atoms with Crippen molar-refractivity contribution >= 4 is 82.4 Å². The highest BCUT2D eigenvalue weighted by Gasteiger charge is 2.40. The van der Waals surface area contributed by atoms with Gasteiger partial charge < -0.3 is 10.4 Å². The number of hydrogen-bond acceptors (Lipinski definition) is 9. The molecule has 3 N–H and O–H groups in total. The number of sulfonamides is 2. The van der Waals surface area contributed by atoms with E-state index in [1.165, 1.54) is 35.0 Å². The predicted molar refractivity (Wildman–Crippen MR) is 181 cm³/mol. The molecule has 19 heteroatoms. The molecule has 0 bridgehead atoms. The highest BCUT2D eigenvalue weighted by molar-refractivity contribution is 7.92. The van der Waals surface area contributed by atoms with E-state index in [2.05, 4.69) is 25.0 Å². The number of halogens is 5. The standard InChI is InChI=1S/C31H22Cl2F3N7O5S2/c32-17-5-3-7-24(27(17)33)49(45,46)41-20-9-8-18(34)29(28(20)36)40-31-30-21(37-15-38-31)10-11-26(39-30)43-14-25(16-4-1-2-6-22(16)43)50(47,48)42-12-19(35)23(44)13-42/h1-11,14-15,19,23,41,44H,12-13H2,(H,37,38,40)/t19-,23-/m1/s1. The van der Waals surface area contributed by atoms with Gasteiger partial charge >= 0.3 is 0 Å². The smallest absolute Gasteiger partial charge is 0.263 e. The number of hydrogen-bond donors (Lipinski definition) is 3. The van der Waals surface area contributed by atoms with E-state index in [1.54, 1.807) is 24.3 Å². The third-order valence-corrected chi connectivity index (χ3v) is 12.2. The molecule has 6 aromatic rings. The Bertz CT molecular complexity index is 2550. The van der Waals surface area contributed by atoms with E-state index in [0.29, 0.717) is 10.9 Å². The molecule has 50 heavy (non-hydrogen) atoms. The van der Waals surface area contributed by atoms with Crippen molar-refractivity contribution in [3.8, 4) is 5.82 Å². The molecular formula is C31H22Cl2F3N7O5S2. The fourth-order valence-electron chi connectivity index (χ4n) is 5.50. The van der Waals surface area contributed by atoms with Crippen LogP contribution >= 0.6 is 23.2 Å². The molecule has 12 nitrogen and oxygen atoms in total. The van der Waals surface area contributed by atoms with Crippen LogP contribution in [0.25, 0.3) is 27.8 Å². The van der Waals surface area contributed by atoms with Gasteiger partial charge in [-0.3, -0.25) is 9.29 Å². The second-order valence-electron chi connectivity index (χ2n) is 11.1. The fraction of sp³-hybridized carbons (Fsp3) is 0.129. The zero-order valence-corrected chi connectivity index (χ0v) is 28.2. The first-order valence-corrected chi connectivity index (χ1v) is 18.2. The average Bonchev–Trinajstić information content (AvgIpc) is 3.66. The normalized spacial score (nSPS) is 17.1. The molecule has 1 aliphatic rings. The van der Waals surface area contributed by atoms with Gasteiger partial charge in [0, 0.05) is 24.7 Å². The summed E-state index contributed by atoms with van der Waals surface area (Å²) < 4.78 is 103. The Morgan fingerprint density at radius 2 is 1.68 bits per heavy atom. The Hall–Kier alpha value is -4.52. The Morgan fingerprint density at radius 1 is 0.900 bits per heavy atom. The van der Waals surface area contributed by atoms with Crippen LogP contribution in [0.2, 0.25) is 10.0 Å². The maximum atomic E-state index is 15.8. The van der Waals surface area contributed by atoms with E-state index >= 15 is 8.78 Å². The van der Waals surface area contributed by atoms with Crippen LogP contribution in [0.1, 0.15) is 0 Å². The predicted octanol–water partition coefficient (Wildman–Crippen LogP) is 5.80. The van der Waals surface area contributed by atoms with Crippen LogP contribution in [0.4, 0.5) is 30.4 Å². The number of alkyl halides is 1. The molecule has 0 spiro atoms. The van der Waals surface area contributed by atoms with Gasteiger partial charge in [0.15, 0.2) is 11.6 Å². The van der Waals surface area contributed by atoms with Gasteiger partial charge in [0.05, 0.1) is 26.8 Å². The number of para-hydroxylation sites is 1. The molecule has 7 rings (SSSR count). The quantitative estimate of drug-likeness (QED) is 0.174. The largest absolute Gasteiger partial charge is 0.389 e. The number of anilines is 3. The van der Waals surface area contributed by atoms with Crippen molar-refractivity contribution < 1.29 is 35.1 Å². The summed E-state index contributed by atoms with van der Waals surface area (Å²) in [5.41, 5.74) is -0.713. The van der Waals surface area contributed by atoms with Crippen molar-refractivity contribution in [3.63, 3.8) is 0 Å². The number of nitrogens with one attached hydrogen (secondary N) is 2. The number of fused-ring (bicyclic) bond motifs is 2. The topological polar surface area (TPSA) is 159 Å². The third kappa shape index (κ3) is 5.88. The molecule has 1 fully saturated rings. The molecule has 0 saturated carbocycles. The number of β-amino-alcohol motifs (C(OH)–C–C–N with tert-alkyl or cyclic N) is 1. The molecule has 0 unspecified atom stereocenters. The number of pyridine rings is 1. The van der Waals surface area contributed by atoms with E-state index in [1.807, 2.05) is 0 Å². The summed E-state index contributed by atoms with van der Waals surface area (Å²) in [6.45, 7) is -0.915. The minimum atomic E-state index is -4.47. The summed E-state index contributed by atoms with van der Waals surface area (Å²) in [6.07, 6.45) is -0.760. The van der Waals surface area contributed by atoms with Crippen molar-refractivity contribution in [3.05, 3.63) is 101 Å². The van der Waals surface area contributed by atoms with Gasteiger partial charge in [-0.15, -0.1) is 0 Å². The van der Waals surface area contributed by atoms with Crippen LogP contribution < -0.4 is 10.0 Å². The second-order valence-corrected chi connectivity index (χ2v) is 15.5. The second kappa shape index (κ2) is 12.7. The van der Waals surface area contributed by atoms with Crippen LogP contribution in [0.5, 0.6) is 0 Å². The number of aliphatic hydroxyl groups excluding tert-OH is 1. The number of nitrogens with zero attached hydrogens (tertiary/aromatic N) is 5. The van der Waals surface area contributed by atoms with Crippen molar-refractivity contribution in [2.24, 2.45) is 0 Å². The van der Waals surface area contributed by atoms with Crippen LogP contribution in [0.15, 0.2) is 89.0 Å². The molecule has 0 amide bonds. The van der Waals surface area contributed by atoms with Gasteiger partial charge in [0.25, 0.3) is 10.0 Å². The Morgan fingerprint density at radius 3 is 2.44 bits per heavy atom. The lowest BCUT2D eigenvalue weighted by molar-refractivity contribution is 0.117. The van der Waals surface area contributed by atoms with Crippen molar-refractivity contribution in [1.29, 1.82) is 0 Å². The summed E-state index contributed by atoms with van der Waals surface area (Å²) in [7, 11) is -8.73. The molecule has 4 heterocycles. The van der Waals surface area contributed by atoms with Crippen LogP contribution in [-0.4, -0.2) is 71.1 Å². The minimum Gasteiger partial charge on any atom is -0.389 e. The van der Waals surface area contributed by atoms with Gasteiger partial charge in [0.2, 0.25) is 10.0 Å². The van der Waals surface area contributed by atoms with Gasteiger partial charge in [-0.2, -0.15) is 4.31 Å². The fourth-order valence-corrected chi connectivity index (χ4v) is 8.98. The molecule has 1 aliphatic heterocycles. The van der Waals surface area contributed by atoms with E-state index in [9.17, 15) is 26.3 Å². The number of rotatable bonds is 8. The molecule has 2 atom stereocenters. The number of aliphatic hydroxyl groups is 1. The lowest BCUT2D eigenvalue weighted by Crippen LogP contribution is -2.29. The zero-order chi connectivity index (χ0) is 35.5. The van der Waals surface area contributed by atoms with Gasteiger partial charge in [-0.25, -0.2) is 45.0 Å². The molecule has 3 aromatic carbocycles. The first-order chi connectivity index (χ1) is 23.8. The van der Waals surface area contributed by atoms with Crippen LogP contribution in [0.3, 0.4) is 0 Å². The molecule has 3 aromatic heterocycles. The minimum absolute atomic E-state index is 0.0191. The molecule has 0 aliphatic carbocycles. The molecular weight excluding hydrogens is 742 g/mol. The van der Waals surface area contributed by atoms with Crippen molar-refractivity contribution in [1.82, 2.24) is 23.8 Å². The third-order valence-electron chi connectivity index (χ3n) is 7.98. The van der Waals surface area contributed by atoms with Gasteiger partial charge in [-0.05, 0) is 42.5 Å².